The van der Waals surface area contributed by atoms with Crippen molar-refractivity contribution in [1.29, 1.82) is 0 Å². The molecule has 0 saturated carbocycles. The third-order valence-electron chi connectivity index (χ3n) is 3.24. The molecule has 8 heteroatoms. The van der Waals surface area contributed by atoms with Crippen molar-refractivity contribution < 1.29 is 13.3 Å². The van der Waals surface area contributed by atoms with Gasteiger partial charge in [0.25, 0.3) is 5.69 Å². The second-order valence-corrected chi connectivity index (χ2v) is 7.94. The molecule has 2 aromatic rings. The van der Waals surface area contributed by atoms with Crippen molar-refractivity contribution in [2.75, 3.05) is 18.1 Å². The Labute approximate surface area is 142 Å². The van der Waals surface area contributed by atoms with Gasteiger partial charge in [0.15, 0.2) is 9.84 Å². The number of nitrogens with one attached hydrogen (secondary N) is 1. The number of hydrogen-bond acceptors (Lipinski definition) is 5. The van der Waals surface area contributed by atoms with Crippen LogP contribution in [0.1, 0.15) is 5.56 Å². The molecule has 0 aromatic heterocycles. The number of rotatable bonds is 6. The van der Waals surface area contributed by atoms with Gasteiger partial charge in [0.2, 0.25) is 0 Å². The molecule has 0 heterocycles. The van der Waals surface area contributed by atoms with Crippen LogP contribution in [0, 0.1) is 10.1 Å². The Hall–Kier alpha value is -1.93. The zero-order valence-corrected chi connectivity index (χ0v) is 14.7. The van der Waals surface area contributed by atoms with E-state index >= 15 is 0 Å². The second-order valence-electron chi connectivity index (χ2n) is 5.01. The Balaban J connectivity index is 2.03. The standard InChI is InChI=1S/C15H15BrN2O4S/c1-23(21,22)13-5-2-11(3-6-13)8-9-17-14-10-12(16)4-7-15(14)18(19)20/h2-7,10,17H,8-9H2,1H3. The average Bonchev–Trinajstić information content (AvgIpc) is 2.46. The highest BCUT2D eigenvalue weighted by atomic mass is 79.9. The van der Waals surface area contributed by atoms with E-state index in [2.05, 4.69) is 21.2 Å². The molecule has 0 atom stereocenters. The second kappa shape index (κ2) is 7.10. The summed E-state index contributed by atoms with van der Waals surface area (Å²) >= 11 is 3.29. The Kier molecular flexibility index (Phi) is 5.38. The van der Waals surface area contributed by atoms with Crippen LogP contribution in [0.3, 0.4) is 0 Å². The van der Waals surface area contributed by atoms with E-state index in [0.717, 1.165) is 16.3 Å². The molecule has 6 nitrogen and oxygen atoms in total. The highest BCUT2D eigenvalue weighted by Crippen LogP contribution is 2.27. The van der Waals surface area contributed by atoms with Crippen molar-refractivity contribution in [2.45, 2.75) is 11.3 Å². The first-order chi connectivity index (χ1) is 10.8. The van der Waals surface area contributed by atoms with Gasteiger partial charge in [0, 0.05) is 23.3 Å². The molecule has 2 aromatic carbocycles. The van der Waals surface area contributed by atoms with E-state index in [1.54, 1.807) is 36.4 Å². The average molecular weight is 399 g/mol. The molecule has 122 valence electrons. The molecule has 0 fully saturated rings. The first-order valence-corrected chi connectivity index (χ1v) is 9.42. The van der Waals surface area contributed by atoms with Crippen LogP contribution in [0.2, 0.25) is 0 Å². The van der Waals surface area contributed by atoms with Crippen LogP contribution < -0.4 is 5.32 Å². The molecule has 0 aliphatic rings. The van der Waals surface area contributed by atoms with Crippen molar-refractivity contribution in [3.05, 3.63) is 62.6 Å². The molecule has 1 N–H and O–H groups in total. The van der Waals surface area contributed by atoms with Crippen molar-refractivity contribution in [1.82, 2.24) is 0 Å². The van der Waals surface area contributed by atoms with E-state index in [-0.39, 0.29) is 10.6 Å². The van der Waals surface area contributed by atoms with E-state index in [4.69, 9.17) is 0 Å². The number of nitro groups is 1. The van der Waals surface area contributed by atoms with Crippen LogP contribution in [0.15, 0.2) is 51.8 Å². The van der Waals surface area contributed by atoms with Crippen molar-refractivity contribution >= 4 is 37.1 Å². The number of hydrogen-bond donors (Lipinski definition) is 1. The third-order valence-corrected chi connectivity index (χ3v) is 4.86. The van der Waals surface area contributed by atoms with Gasteiger partial charge in [-0.1, -0.05) is 28.1 Å². The molecule has 0 bridgehead atoms. The van der Waals surface area contributed by atoms with E-state index in [1.807, 2.05) is 0 Å². The molecule has 2 rings (SSSR count). The first-order valence-electron chi connectivity index (χ1n) is 6.74. The maximum atomic E-state index is 11.4. The number of nitrogens with zero attached hydrogens (tertiary/aromatic N) is 1. The zero-order valence-electron chi connectivity index (χ0n) is 12.3. The molecule has 0 unspecified atom stereocenters. The quantitative estimate of drug-likeness (QED) is 0.594. The number of nitro benzene ring substituents is 1. The summed E-state index contributed by atoms with van der Waals surface area (Å²) in [6.45, 7) is 0.496. The van der Waals surface area contributed by atoms with Gasteiger partial charge >= 0.3 is 0 Å². The third kappa shape index (κ3) is 4.77. The predicted molar refractivity (Wildman–Crippen MR) is 92.5 cm³/mol. The van der Waals surface area contributed by atoms with Crippen LogP contribution in [0.25, 0.3) is 0 Å². The van der Waals surface area contributed by atoms with Crippen LogP contribution in [0.5, 0.6) is 0 Å². The lowest BCUT2D eigenvalue weighted by molar-refractivity contribution is -0.384. The molecular formula is C15H15BrN2O4S. The Morgan fingerprint density at radius 3 is 2.39 bits per heavy atom. The van der Waals surface area contributed by atoms with Crippen LogP contribution in [0.4, 0.5) is 11.4 Å². The molecule has 0 amide bonds. The predicted octanol–water partition coefficient (Wildman–Crippen LogP) is 3.42. The number of benzene rings is 2. The smallest absolute Gasteiger partial charge is 0.292 e. The fraction of sp³-hybridized carbons (Fsp3) is 0.200. The Morgan fingerprint density at radius 2 is 1.83 bits per heavy atom. The number of sulfone groups is 1. The lowest BCUT2D eigenvalue weighted by atomic mass is 10.1. The van der Waals surface area contributed by atoms with Crippen molar-refractivity contribution in [3.63, 3.8) is 0 Å². The first kappa shape index (κ1) is 17.4. The molecule has 0 aliphatic carbocycles. The summed E-state index contributed by atoms with van der Waals surface area (Å²) in [6.07, 6.45) is 1.78. The minimum absolute atomic E-state index is 0.0145. The van der Waals surface area contributed by atoms with Crippen LogP contribution in [-0.4, -0.2) is 26.1 Å². The molecular weight excluding hydrogens is 384 g/mol. The van der Waals surface area contributed by atoms with Crippen molar-refractivity contribution in [2.24, 2.45) is 0 Å². The number of anilines is 1. The minimum atomic E-state index is -3.20. The summed E-state index contributed by atoms with van der Waals surface area (Å²) in [5, 5.41) is 14.0. The fourth-order valence-corrected chi connectivity index (χ4v) is 3.05. The SMILES string of the molecule is CS(=O)(=O)c1ccc(CCNc2cc(Br)ccc2[N+](=O)[O-])cc1. The highest BCUT2D eigenvalue weighted by molar-refractivity contribution is 9.10. The summed E-state index contributed by atoms with van der Waals surface area (Å²) in [6, 6.07) is 11.3. The lowest BCUT2D eigenvalue weighted by Crippen LogP contribution is -2.07. The maximum Gasteiger partial charge on any atom is 0.292 e. The van der Waals surface area contributed by atoms with Gasteiger partial charge in [0.05, 0.1) is 9.82 Å². The Bertz CT molecular complexity index is 820. The zero-order chi connectivity index (χ0) is 17.0. The normalized spacial score (nSPS) is 11.2. The molecule has 0 radical (unpaired) electrons. The summed E-state index contributed by atoms with van der Waals surface area (Å²) in [4.78, 5) is 10.8. The Morgan fingerprint density at radius 1 is 1.17 bits per heavy atom. The topological polar surface area (TPSA) is 89.3 Å². The van der Waals surface area contributed by atoms with Crippen LogP contribution in [-0.2, 0) is 16.3 Å². The summed E-state index contributed by atoms with van der Waals surface area (Å²) < 4.78 is 23.5. The van der Waals surface area contributed by atoms with E-state index in [9.17, 15) is 18.5 Å². The minimum Gasteiger partial charge on any atom is -0.379 e. The fourth-order valence-electron chi connectivity index (χ4n) is 2.05. The molecule has 0 spiro atoms. The van der Waals surface area contributed by atoms with E-state index in [1.165, 1.54) is 6.07 Å². The summed E-state index contributed by atoms with van der Waals surface area (Å²) in [5.41, 5.74) is 1.40. The monoisotopic (exact) mass is 398 g/mol. The van der Waals surface area contributed by atoms with Gasteiger partial charge in [-0.2, -0.15) is 0 Å². The van der Waals surface area contributed by atoms with Gasteiger partial charge in [-0.25, -0.2) is 8.42 Å². The highest BCUT2D eigenvalue weighted by Gasteiger charge is 2.13. The van der Waals surface area contributed by atoms with Gasteiger partial charge in [-0.05, 0) is 36.2 Å². The largest absolute Gasteiger partial charge is 0.379 e. The summed E-state index contributed by atoms with van der Waals surface area (Å²) in [7, 11) is -3.20. The van der Waals surface area contributed by atoms with E-state index < -0.39 is 14.8 Å². The maximum absolute atomic E-state index is 11.4. The summed E-state index contributed by atoms with van der Waals surface area (Å²) in [5.74, 6) is 0. The van der Waals surface area contributed by atoms with Gasteiger partial charge in [0.1, 0.15) is 5.69 Å². The molecule has 23 heavy (non-hydrogen) atoms. The van der Waals surface area contributed by atoms with Gasteiger partial charge in [-0.15, -0.1) is 0 Å². The molecule has 0 saturated heterocycles. The van der Waals surface area contributed by atoms with E-state index in [0.29, 0.717) is 18.7 Å². The molecule has 0 aliphatic heterocycles. The van der Waals surface area contributed by atoms with Crippen LogP contribution >= 0.6 is 15.9 Å². The van der Waals surface area contributed by atoms with Gasteiger partial charge < -0.3 is 5.32 Å². The van der Waals surface area contributed by atoms with Crippen molar-refractivity contribution in [3.8, 4) is 0 Å². The van der Waals surface area contributed by atoms with Gasteiger partial charge in [-0.3, -0.25) is 10.1 Å². The number of halogens is 1. The lowest BCUT2D eigenvalue weighted by Gasteiger charge is -2.08.